The number of hydrogen-bond donors (Lipinski definition) is 1. The maximum atomic E-state index is 10.2. The second-order valence-corrected chi connectivity index (χ2v) is 4.57. The van der Waals surface area contributed by atoms with E-state index >= 15 is 0 Å². The van der Waals surface area contributed by atoms with E-state index in [1.807, 2.05) is 7.05 Å². The van der Waals surface area contributed by atoms with Crippen molar-refractivity contribution in [2.75, 3.05) is 0 Å². The Labute approximate surface area is 108 Å². The summed E-state index contributed by atoms with van der Waals surface area (Å²) in [4.78, 5) is 4.11. The molecule has 92 valence electrons. The molecule has 0 aliphatic heterocycles. The van der Waals surface area contributed by atoms with Gasteiger partial charge in [0.15, 0.2) is 6.10 Å². The fraction of sp³-hybridized carbons (Fsp3) is 0.154. The molecule has 4 nitrogen and oxygen atoms in total. The third kappa shape index (κ3) is 1.79. The number of benzene rings is 1. The molecule has 0 fully saturated rings. The molecule has 3 rings (SSSR count). The van der Waals surface area contributed by atoms with Crippen molar-refractivity contribution in [3.63, 3.8) is 0 Å². The van der Waals surface area contributed by atoms with E-state index in [0.29, 0.717) is 22.2 Å². The van der Waals surface area contributed by atoms with Crippen LogP contribution in [0.15, 0.2) is 41.1 Å². The summed E-state index contributed by atoms with van der Waals surface area (Å²) >= 11 is 5.91. The van der Waals surface area contributed by atoms with E-state index in [-0.39, 0.29) is 0 Å². The van der Waals surface area contributed by atoms with Gasteiger partial charge in [-0.25, -0.2) is 4.98 Å². The van der Waals surface area contributed by atoms with Crippen LogP contribution in [-0.2, 0) is 7.05 Å². The lowest BCUT2D eigenvalue weighted by atomic mass is 10.2. The Morgan fingerprint density at radius 3 is 2.94 bits per heavy atom. The van der Waals surface area contributed by atoms with Gasteiger partial charge in [0.05, 0.1) is 0 Å². The van der Waals surface area contributed by atoms with Crippen LogP contribution in [0.25, 0.3) is 11.0 Å². The zero-order chi connectivity index (χ0) is 12.7. The quantitative estimate of drug-likeness (QED) is 0.773. The van der Waals surface area contributed by atoms with Crippen molar-refractivity contribution >= 4 is 22.6 Å². The Hall–Kier alpha value is -1.78. The normalized spacial score (nSPS) is 13.1. The molecule has 1 atom stereocenters. The summed E-state index contributed by atoms with van der Waals surface area (Å²) in [5.74, 6) is 1.00. The summed E-state index contributed by atoms with van der Waals surface area (Å²) in [6.45, 7) is 0. The largest absolute Gasteiger partial charge is 0.458 e. The van der Waals surface area contributed by atoms with Gasteiger partial charge in [-0.3, -0.25) is 0 Å². The molecule has 0 spiro atoms. The van der Waals surface area contributed by atoms with Gasteiger partial charge in [0.1, 0.15) is 17.2 Å². The fourth-order valence-corrected chi connectivity index (χ4v) is 2.12. The Morgan fingerprint density at radius 1 is 1.39 bits per heavy atom. The zero-order valence-electron chi connectivity index (χ0n) is 9.67. The van der Waals surface area contributed by atoms with Crippen LogP contribution in [0.2, 0.25) is 5.02 Å². The molecule has 1 N–H and O–H groups in total. The van der Waals surface area contributed by atoms with Crippen molar-refractivity contribution < 1.29 is 9.52 Å². The zero-order valence-corrected chi connectivity index (χ0v) is 10.4. The molecular weight excluding hydrogens is 252 g/mol. The number of hydrogen-bond acceptors (Lipinski definition) is 3. The maximum absolute atomic E-state index is 10.2. The first-order valence-electron chi connectivity index (χ1n) is 5.49. The molecule has 18 heavy (non-hydrogen) atoms. The van der Waals surface area contributed by atoms with Crippen LogP contribution in [0.4, 0.5) is 0 Å². The minimum absolute atomic E-state index is 0.460. The number of aliphatic hydroxyl groups excluding tert-OH is 1. The molecule has 3 aromatic rings. The number of nitrogens with zero attached hydrogens (tertiary/aromatic N) is 2. The lowest BCUT2D eigenvalue weighted by Crippen LogP contribution is -2.05. The minimum Gasteiger partial charge on any atom is -0.458 e. The average Bonchev–Trinajstić information content (AvgIpc) is 2.93. The smallest absolute Gasteiger partial charge is 0.169 e. The molecule has 0 radical (unpaired) electrons. The van der Waals surface area contributed by atoms with Crippen molar-refractivity contribution in [3.05, 3.63) is 53.3 Å². The van der Waals surface area contributed by atoms with Gasteiger partial charge in [0.25, 0.3) is 0 Å². The predicted molar refractivity (Wildman–Crippen MR) is 68.5 cm³/mol. The van der Waals surface area contributed by atoms with Crippen molar-refractivity contribution in [1.82, 2.24) is 9.55 Å². The number of aliphatic hydroxyl groups is 1. The topological polar surface area (TPSA) is 51.2 Å². The van der Waals surface area contributed by atoms with Gasteiger partial charge in [-0.2, -0.15) is 0 Å². The number of aryl methyl sites for hydroxylation is 1. The van der Waals surface area contributed by atoms with Crippen LogP contribution in [0.3, 0.4) is 0 Å². The van der Waals surface area contributed by atoms with Crippen molar-refractivity contribution in [1.29, 1.82) is 0 Å². The molecule has 0 amide bonds. The lowest BCUT2D eigenvalue weighted by Gasteiger charge is -2.06. The summed E-state index contributed by atoms with van der Waals surface area (Å²) in [6, 6.07) is 7.12. The molecular formula is C13H11ClN2O2. The first-order chi connectivity index (χ1) is 8.65. The van der Waals surface area contributed by atoms with Crippen molar-refractivity contribution in [2.45, 2.75) is 6.10 Å². The number of halogens is 1. The van der Waals surface area contributed by atoms with E-state index in [4.69, 9.17) is 16.0 Å². The number of furan rings is 1. The molecule has 2 aromatic heterocycles. The summed E-state index contributed by atoms with van der Waals surface area (Å²) in [6.07, 6.45) is 2.53. The number of imidazole rings is 1. The van der Waals surface area contributed by atoms with Crippen LogP contribution in [0, 0.1) is 0 Å². The number of aromatic nitrogens is 2. The van der Waals surface area contributed by atoms with E-state index in [2.05, 4.69) is 4.98 Å². The van der Waals surface area contributed by atoms with E-state index in [1.165, 1.54) is 0 Å². The highest BCUT2D eigenvalue weighted by Gasteiger charge is 2.19. The summed E-state index contributed by atoms with van der Waals surface area (Å²) in [5, 5.41) is 11.7. The lowest BCUT2D eigenvalue weighted by molar-refractivity contribution is 0.179. The van der Waals surface area contributed by atoms with Gasteiger partial charge in [-0.05, 0) is 24.3 Å². The number of fused-ring (bicyclic) bond motifs is 1. The Kier molecular flexibility index (Phi) is 2.61. The van der Waals surface area contributed by atoms with E-state index in [1.54, 1.807) is 41.2 Å². The van der Waals surface area contributed by atoms with E-state index < -0.39 is 6.10 Å². The maximum Gasteiger partial charge on any atom is 0.169 e. The fourth-order valence-electron chi connectivity index (χ4n) is 1.94. The molecule has 0 aliphatic rings. The Morgan fingerprint density at radius 2 is 2.22 bits per heavy atom. The molecule has 0 saturated heterocycles. The van der Waals surface area contributed by atoms with Gasteiger partial charge in [-0.1, -0.05) is 11.6 Å². The van der Waals surface area contributed by atoms with Gasteiger partial charge in [0.2, 0.25) is 0 Å². The third-order valence-electron chi connectivity index (χ3n) is 2.87. The highest BCUT2D eigenvalue weighted by molar-refractivity contribution is 6.31. The van der Waals surface area contributed by atoms with Gasteiger partial charge >= 0.3 is 0 Å². The first-order valence-corrected chi connectivity index (χ1v) is 5.87. The standard InChI is InChI=1S/C13H11ClN2O2/c1-16-5-4-15-13(16)12(17)11-7-8-6-9(14)2-3-10(8)18-11/h2-7,12,17H,1H3. The highest BCUT2D eigenvalue weighted by Crippen LogP contribution is 2.28. The highest BCUT2D eigenvalue weighted by atomic mass is 35.5. The van der Waals surface area contributed by atoms with Crippen LogP contribution in [-0.4, -0.2) is 14.7 Å². The van der Waals surface area contributed by atoms with Gasteiger partial charge in [-0.15, -0.1) is 0 Å². The molecule has 1 aromatic carbocycles. The number of rotatable bonds is 2. The molecule has 0 aliphatic carbocycles. The summed E-state index contributed by atoms with van der Waals surface area (Å²) in [7, 11) is 1.82. The van der Waals surface area contributed by atoms with Crippen molar-refractivity contribution in [3.8, 4) is 0 Å². The van der Waals surface area contributed by atoms with Crippen LogP contribution in [0.5, 0.6) is 0 Å². The van der Waals surface area contributed by atoms with Crippen LogP contribution < -0.4 is 0 Å². The predicted octanol–water partition coefficient (Wildman–Crippen LogP) is 2.90. The Bertz CT molecular complexity index is 702. The van der Waals surface area contributed by atoms with Crippen LogP contribution >= 0.6 is 11.6 Å². The van der Waals surface area contributed by atoms with Gasteiger partial charge < -0.3 is 14.1 Å². The summed E-state index contributed by atoms with van der Waals surface area (Å²) < 4.78 is 7.36. The minimum atomic E-state index is -0.879. The molecule has 0 bridgehead atoms. The van der Waals surface area contributed by atoms with E-state index in [0.717, 1.165) is 5.39 Å². The molecule has 0 saturated carbocycles. The summed E-state index contributed by atoms with van der Waals surface area (Å²) in [5.41, 5.74) is 0.697. The molecule has 1 unspecified atom stereocenters. The van der Waals surface area contributed by atoms with E-state index in [9.17, 15) is 5.11 Å². The van der Waals surface area contributed by atoms with Crippen LogP contribution in [0.1, 0.15) is 17.7 Å². The SMILES string of the molecule is Cn1ccnc1C(O)c1cc2cc(Cl)ccc2o1. The van der Waals surface area contributed by atoms with Crippen molar-refractivity contribution in [2.24, 2.45) is 7.05 Å². The monoisotopic (exact) mass is 262 g/mol. The first kappa shape index (κ1) is 11.3. The second-order valence-electron chi connectivity index (χ2n) is 4.13. The molecule has 5 heteroatoms. The van der Waals surface area contributed by atoms with Gasteiger partial charge in [0, 0.05) is 29.9 Å². The second kappa shape index (κ2) is 4.15. The Balaban J connectivity index is 2.07. The molecule has 2 heterocycles. The third-order valence-corrected chi connectivity index (χ3v) is 3.11. The average molecular weight is 263 g/mol.